The number of fused-ring (bicyclic) bond motifs is 1. The molecule has 2 aliphatic heterocycles. The van der Waals surface area contributed by atoms with Crippen LogP contribution in [0.1, 0.15) is 48.4 Å². The van der Waals surface area contributed by atoms with Gasteiger partial charge in [0.1, 0.15) is 21.8 Å². The third-order valence-electron chi connectivity index (χ3n) is 6.21. The first kappa shape index (κ1) is 27.2. The summed E-state index contributed by atoms with van der Waals surface area (Å²) in [4.78, 5) is 39.0. The first-order valence-corrected chi connectivity index (χ1v) is 13.2. The molecule has 0 atom stereocenters. The number of carboxylic acid groups (broad SMARTS) is 1. The molecule has 0 saturated carbocycles. The maximum absolute atomic E-state index is 13.3. The van der Waals surface area contributed by atoms with E-state index in [-0.39, 0.29) is 29.6 Å². The summed E-state index contributed by atoms with van der Waals surface area (Å²) in [5, 5.41) is 22.2. The number of nitriles is 1. The molecule has 1 aromatic heterocycles. The number of ether oxygens (including phenoxy) is 2. The van der Waals surface area contributed by atoms with Crippen molar-refractivity contribution in [3.8, 4) is 17.6 Å². The van der Waals surface area contributed by atoms with Gasteiger partial charge in [-0.25, -0.2) is 0 Å². The Bertz CT molecular complexity index is 1440. The maximum atomic E-state index is 13.3. The largest absolute Gasteiger partial charge is 0.481 e. The molecule has 1 saturated heterocycles. The number of hydrogen-bond acceptors (Lipinski definition) is 9. The molecule has 12 heteroatoms. The van der Waals surface area contributed by atoms with Gasteiger partial charge in [-0.05, 0) is 42.7 Å². The average Bonchev–Trinajstić information content (AvgIpc) is 3.46. The molecule has 0 unspecified atom stereocenters. The molecule has 2 aromatic rings. The first-order chi connectivity index (χ1) is 18.2. The number of nitrogens with one attached hydrogen (secondary N) is 1. The van der Waals surface area contributed by atoms with Gasteiger partial charge in [-0.15, -0.1) is 0 Å². The second kappa shape index (κ2) is 11.7. The van der Waals surface area contributed by atoms with E-state index in [0.717, 1.165) is 23.7 Å². The van der Waals surface area contributed by atoms with E-state index in [1.165, 1.54) is 4.90 Å². The Balaban J connectivity index is 1.77. The summed E-state index contributed by atoms with van der Waals surface area (Å²) in [7, 11) is 0. The molecule has 1 fully saturated rings. The van der Waals surface area contributed by atoms with Crippen molar-refractivity contribution in [3.63, 3.8) is 0 Å². The van der Waals surface area contributed by atoms with Crippen molar-refractivity contribution >= 4 is 52.1 Å². The Morgan fingerprint density at radius 3 is 2.76 bits per heavy atom. The normalized spacial score (nSPS) is 15.3. The lowest BCUT2D eigenvalue weighted by molar-refractivity contribution is -0.137. The lowest BCUT2D eigenvalue weighted by Crippen LogP contribution is -2.30. The molecule has 0 radical (unpaired) electrons. The smallest absolute Gasteiger partial charge is 0.305 e. The van der Waals surface area contributed by atoms with E-state index in [0.29, 0.717) is 52.9 Å². The van der Waals surface area contributed by atoms with E-state index in [1.54, 1.807) is 17.6 Å². The van der Waals surface area contributed by atoms with Crippen LogP contribution in [-0.2, 0) is 22.7 Å². The Labute approximate surface area is 228 Å². The molecule has 0 spiro atoms. The molecule has 3 heterocycles. The summed E-state index contributed by atoms with van der Waals surface area (Å²) in [5.74, 6) is 0.332. The molecule has 1 amide bonds. The van der Waals surface area contributed by atoms with Gasteiger partial charge < -0.3 is 19.9 Å². The molecule has 198 valence electrons. The van der Waals surface area contributed by atoms with Crippen LogP contribution in [0.5, 0.6) is 11.5 Å². The highest BCUT2D eigenvalue weighted by atomic mass is 32.2. The number of nitrogens with zero attached hydrogens (tertiary/aromatic N) is 3. The van der Waals surface area contributed by atoms with Crippen LogP contribution in [0, 0.1) is 18.3 Å². The number of benzene rings is 1. The van der Waals surface area contributed by atoms with Gasteiger partial charge in [-0.1, -0.05) is 43.4 Å². The summed E-state index contributed by atoms with van der Waals surface area (Å²) in [6, 6.07) is 7.58. The van der Waals surface area contributed by atoms with Gasteiger partial charge in [0.15, 0.2) is 11.5 Å². The molecule has 38 heavy (non-hydrogen) atoms. The number of hydrogen-bond donors (Lipinski definition) is 2. The highest BCUT2D eigenvalue weighted by Gasteiger charge is 2.33. The fourth-order valence-corrected chi connectivity index (χ4v) is 5.44. The number of aromatic nitrogens is 1. The number of aliphatic carboxylic acids is 1. The van der Waals surface area contributed by atoms with E-state index >= 15 is 0 Å². The van der Waals surface area contributed by atoms with Gasteiger partial charge in [0.05, 0.1) is 11.3 Å². The van der Waals surface area contributed by atoms with Crippen molar-refractivity contribution in [2.24, 2.45) is 0 Å². The number of thiocarbonyl (C=S) groups is 1. The van der Waals surface area contributed by atoms with Crippen molar-refractivity contribution in [1.29, 1.82) is 5.26 Å². The minimum absolute atomic E-state index is 0.00217. The number of carboxylic acids is 1. The highest BCUT2D eigenvalue weighted by molar-refractivity contribution is 8.26. The van der Waals surface area contributed by atoms with Crippen LogP contribution in [-0.4, -0.2) is 44.1 Å². The second-order valence-electron chi connectivity index (χ2n) is 8.70. The lowest BCUT2D eigenvalue weighted by atomic mass is 10.0. The first-order valence-electron chi connectivity index (χ1n) is 12.0. The SMILES string of the molecule is CCCCn1c(NCc2ccc3c(c2)OCO3)c(/C=C2/SC(=S)N(CCC(=O)O)C2=O)c(C)c(C#N)c1=O. The third-order valence-corrected chi connectivity index (χ3v) is 7.58. The zero-order valence-corrected chi connectivity index (χ0v) is 22.5. The number of carbonyl (C=O) groups excluding carboxylic acids is 1. The number of carbonyl (C=O) groups is 2. The van der Waals surface area contributed by atoms with Crippen molar-refractivity contribution < 1.29 is 24.2 Å². The van der Waals surface area contributed by atoms with Gasteiger partial charge in [0, 0.05) is 25.2 Å². The minimum atomic E-state index is -1.03. The summed E-state index contributed by atoms with van der Waals surface area (Å²) in [5.41, 5.74) is 1.45. The monoisotopic (exact) mass is 554 g/mol. The lowest BCUT2D eigenvalue weighted by Gasteiger charge is -2.20. The van der Waals surface area contributed by atoms with Gasteiger partial charge >= 0.3 is 5.97 Å². The average molecular weight is 555 g/mol. The van der Waals surface area contributed by atoms with Crippen molar-refractivity contribution in [2.45, 2.75) is 46.2 Å². The molecule has 4 rings (SSSR count). The molecule has 2 aliphatic rings. The number of amides is 1. The zero-order chi connectivity index (χ0) is 27.4. The topological polar surface area (TPSA) is 134 Å². The summed E-state index contributed by atoms with van der Waals surface area (Å²) in [6.45, 7) is 4.53. The maximum Gasteiger partial charge on any atom is 0.305 e. The van der Waals surface area contributed by atoms with Gasteiger partial charge in [-0.3, -0.25) is 23.9 Å². The van der Waals surface area contributed by atoms with Crippen LogP contribution in [0.25, 0.3) is 6.08 Å². The Morgan fingerprint density at radius 2 is 2.05 bits per heavy atom. The zero-order valence-electron chi connectivity index (χ0n) is 20.9. The molecule has 1 aromatic carbocycles. The van der Waals surface area contributed by atoms with Crippen LogP contribution in [0.2, 0.25) is 0 Å². The Kier molecular flexibility index (Phi) is 8.38. The molecule has 0 aliphatic carbocycles. The van der Waals surface area contributed by atoms with Gasteiger partial charge in [0.25, 0.3) is 11.5 Å². The van der Waals surface area contributed by atoms with Crippen LogP contribution >= 0.6 is 24.0 Å². The summed E-state index contributed by atoms with van der Waals surface area (Å²) in [6.07, 6.45) is 2.94. The second-order valence-corrected chi connectivity index (χ2v) is 10.4. The van der Waals surface area contributed by atoms with E-state index in [1.807, 2.05) is 31.2 Å². The van der Waals surface area contributed by atoms with Crippen molar-refractivity contribution in [2.75, 3.05) is 18.7 Å². The minimum Gasteiger partial charge on any atom is -0.481 e. The van der Waals surface area contributed by atoms with Crippen molar-refractivity contribution in [1.82, 2.24) is 9.47 Å². The van der Waals surface area contributed by atoms with E-state index in [2.05, 4.69) is 5.32 Å². The third kappa shape index (κ3) is 5.54. The number of rotatable bonds is 10. The molecule has 2 N–H and O–H groups in total. The van der Waals surface area contributed by atoms with Crippen molar-refractivity contribution in [3.05, 3.63) is 55.7 Å². The quantitative estimate of drug-likeness (QED) is 0.329. The van der Waals surface area contributed by atoms with Crippen LogP contribution in [0.3, 0.4) is 0 Å². The highest BCUT2D eigenvalue weighted by Crippen LogP contribution is 2.36. The van der Waals surface area contributed by atoms with E-state index < -0.39 is 17.4 Å². The summed E-state index contributed by atoms with van der Waals surface area (Å²) >= 11 is 6.39. The number of anilines is 1. The standard InChI is InChI=1S/C26H26N4O6S2/c1-3-4-8-29-23(28-13-16-5-6-19-20(10-16)36-14-35-19)17(15(2)18(12-27)24(29)33)11-21-25(34)30(26(37)38-21)9-7-22(31)32/h5-6,10-11,28H,3-4,7-9,13-14H2,1-2H3,(H,31,32)/b21-11+. The fourth-order valence-electron chi connectivity index (χ4n) is 4.15. The molecule has 0 bridgehead atoms. The van der Waals surface area contributed by atoms with Gasteiger partial charge in [0.2, 0.25) is 6.79 Å². The van der Waals surface area contributed by atoms with Crippen LogP contribution in [0.15, 0.2) is 27.9 Å². The molecule has 10 nitrogen and oxygen atoms in total. The fraction of sp³-hybridized carbons (Fsp3) is 0.346. The summed E-state index contributed by atoms with van der Waals surface area (Å²) < 4.78 is 12.7. The Hall–Kier alpha value is -3.82. The predicted octanol–water partition coefficient (Wildman–Crippen LogP) is 3.85. The Morgan fingerprint density at radius 1 is 1.29 bits per heavy atom. The van der Waals surface area contributed by atoms with Crippen LogP contribution in [0.4, 0.5) is 5.82 Å². The van der Waals surface area contributed by atoms with E-state index in [9.17, 15) is 19.6 Å². The number of unbranched alkanes of at least 4 members (excludes halogenated alkanes) is 1. The van der Waals surface area contributed by atoms with Gasteiger partial charge in [-0.2, -0.15) is 5.26 Å². The van der Waals surface area contributed by atoms with E-state index in [4.69, 9.17) is 26.8 Å². The number of thioether (sulfide) groups is 1. The predicted molar refractivity (Wildman–Crippen MR) is 147 cm³/mol. The van der Waals surface area contributed by atoms with Crippen LogP contribution < -0.4 is 20.3 Å². The number of pyridine rings is 1. The molecular weight excluding hydrogens is 528 g/mol. The molecular formula is C26H26N4O6S2.